The zero-order valence-electron chi connectivity index (χ0n) is 14.8. The molecular formula is C20H14BrN3O3S2. The second-order valence-corrected chi connectivity index (χ2v) is 9.71. The fraction of sp³-hybridized carbons (Fsp3) is 0. The van der Waals surface area contributed by atoms with Crippen molar-refractivity contribution in [2.45, 2.75) is 4.90 Å². The Morgan fingerprint density at radius 2 is 1.69 bits per heavy atom. The number of hydrogen-bond donors (Lipinski definition) is 2. The fourth-order valence-electron chi connectivity index (χ4n) is 2.62. The van der Waals surface area contributed by atoms with Crippen LogP contribution in [0.2, 0.25) is 0 Å². The SMILES string of the molecule is O=C(Nc1ccc2nc(NS(=O)(=O)c3ccccc3)sc2c1)c1ccc(Br)cc1. The number of nitrogens with zero attached hydrogens (tertiary/aromatic N) is 1. The summed E-state index contributed by atoms with van der Waals surface area (Å²) in [6, 6.07) is 20.4. The Morgan fingerprint density at radius 1 is 0.966 bits per heavy atom. The fourth-order valence-corrected chi connectivity index (χ4v) is 5.05. The number of halogens is 1. The van der Waals surface area contributed by atoms with Crippen LogP contribution in [0.3, 0.4) is 0 Å². The number of carbonyl (C=O) groups excluding carboxylic acids is 1. The maximum Gasteiger partial charge on any atom is 0.263 e. The number of thiazole rings is 1. The van der Waals surface area contributed by atoms with E-state index >= 15 is 0 Å². The van der Waals surface area contributed by atoms with E-state index in [1.165, 1.54) is 23.5 Å². The molecule has 0 saturated carbocycles. The first-order valence-electron chi connectivity index (χ1n) is 8.46. The van der Waals surface area contributed by atoms with Gasteiger partial charge in [0.05, 0.1) is 15.1 Å². The molecule has 0 aliphatic rings. The van der Waals surface area contributed by atoms with E-state index in [0.717, 1.165) is 9.17 Å². The van der Waals surface area contributed by atoms with Crippen molar-refractivity contribution in [3.63, 3.8) is 0 Å². The number of carbonyl (C=O) groups is 1. The third-order valence-electron chi connectivity index (χ3n) is 4.03. The Balaban J connectivity index is 1.55. The lowest BCUT2D eigenvalue weighted by Crippen LogP contribution is -2.12. The molecule has 9 heteroatoms. The van der Waals surface area contributed by atoms with Gasteiger partial charge in [0.25, 0.3) is 15.9 Å². The predicted octanol–water partition coefficient (Wildman–Crippen LogP) is 5.11. The molecule has 0 aliphatic heterocycles. The summed E-state index contributed by atoms with van der Waals surface area (Å²) >= 11 is 4.54. The molecule has 6 nitrogen and oxygen atoms in total. The number of sulfonamides is 1. The van der Waals surface area contributed by atoms with E-state index in [9.17, 15) is 13.2 Å². The average molecular weight is 488 g/mol. The highest BCUT2D eigenvalue weighted by atomic mass is 79.9. The van der Waals surface area contributed by atoms with Crippen LogP contribution in [-0.4, -0.2) is 19.3 Å². The number of fused-ring (bicyclic) bond motifs is 1. The standard InChI is InChI=1S/C20H14BrN3O3S2/c21-14-8-6-13(7-9-14)19(25)22-15-10-11-17-18(12-15)28-20(23-17)24-29(26,27)16-4-2-1-3-5-16/h1-12H,(H,22,25)(H,23,24). The first kappa shape index (κ1) is 19.6. The number of benzene rings is 3. The van der Waals surface area contributed by atoms with Gasteiger partial charge in [0, 0.05) is 15.7 Å². The van der Waals surface area contributed by atoms with Crippen molar-refractivity contribution in [2.75, 3.05) is 10.0 Å². The number of aromatic nitrogens is 1. The molecule has 1 amide bonds. The summed E-state index contributed by atoms with van der Waals surface area (Å²) in [6.45, 7) is 0. The topological polar surface area (TPSA) is 88.2 Å². The summed E-state index contributed by atoms with van der Waals surface area (Å²) in [5.41, 5.74) is 1.78. The van der Waals surface area contributed by atoms with Crippen LogP contribution in [0.1, 0.15) is 10.4 Å². The maximum absolute atomic E-state index is 12.5. The van der Waals surface area contributed by atoms with Crippen LogP contribution in [0.15, 0.2) is 82.2 Å². The molecule has 0 saturated heterocycles. The van der Waals surface area contributed by atoms with E-state index in [2.05, 4.69) is 31.0 Å². The molecule has 1 aromatic heterocycles. The van der Waals surface area contributed by atoms with E-state index in [0.29, 0.717) is 16.8 Å². The third-order valence-corrected chi connectivity index (χ3v) is 6.97. The first-order chi connectivity index (χ1) is 13.9. The molecule has 4 aromatic rings. The summed E-state index contributed by atoms with van der Waals surface area (Å²) in [4.78, 5) is 16.9. The quantitative estimate of drug-likeness (QED) is 0.409. The van der Waals surface area contributed by atoms with E-state index in [1.807, 2.05) is 0 Å². The Labute approximate surface area is 179 Å². The van der Waals surface area contributed by atoms with Gasteiger partial charge in [-0.25, -0.2) is 13.4 Å². The summed E-state index contributed by atoms with van der Waals surface area (Å²) in [5.74, 6) is -0.230. The van der Waals surface area contributed by atoms with Gasteiger partial charge in [0.1, 0.15) is 0 Å². The lowest BCUT2D eigenvalue weighted by molar-refractivity contribution is 0.102. The van der Waals surface area contributed by atoms with Crippen LogP contribution in [0.5, 0.6) is 0 Å². The highest BCUT2D eigenvalue weighted by Gasteiger charge is 2.16. The molecule has 0 fully saturated rings. The van der Waals surface area contributed by atoms with Crippen molar-refractivity contribution in [3.05, 3.63) is 82.8 Å². The molecule has 29 heavy (non-hydrogen) atoms. The molecule has 0 spiro atoms. The Hall–Kier alpha value is -2.75. The second-order valence-electron chi connectivity index (χ2n) is 6.08. The predicted molar refractivity (Wildman–Crippen MR) is 119 cm³/mol. The van der Waals surface area contributed by atoms with Crippen molar-refractivity contribution in [1.29, 1.82) is 0 Å². The zero-order chi connectivity index (χ0) is 20.4. The van der Waals surface area contributed by atoms with Crippen molar-refractivity contribution in [2.24, 2.45) is 0 Å². The number of hydrogen-bond acceptors (Lipinski definition) is 5. The van der Waals surface area contributed by atoms with E-state index in [-0.39, 0.29) is 15.9 Å². The van der Waals surface area contributed by atoms with Gasteiger partial charge < -0.3 is 5.32 Å². The molecule has 3 aromatic carbocycles. The largest absolute Gasteiger partial charge is 0.322 e. The molecule has 0 unspecified atom stereocenters. The van der Waals surface area contributed by atoms with Crippen LogP contribution < -0.4 is 10.0 Å². The van der Waals surface area contributed by atoms with Crippen LogP contribution in [0.4, 0.5) is 10.8 Å². The van der Waals surface area contributed by atoms with Crippen LogP contribution in [0.25, 0.3) is 10.2 Å². The summed E-state index contributed by atoms with van der Waals surface area (Å²) in [7, 11) is -3.71. The number of rotatable bonds is 5. The van der Waals surface area contributed by atoms with Gasteiger partial charge >= 0.3 is 0 Å². The van der Waals surface area contributed by atoms with E-state index in [1.54, 1.807) is 60.7 Å². The summed E-state index contributed by atoms with van der Waals surface area (Å²) in [5, 5.41) is 3.10. The summed E-state index contributed by atoms with van der Waals surface area (Å²) < 4.78 is 29.1. The van der Waals surface area contributed by atoms with Crippen molar-refractivity contribution >= 4 is 64.2 Å². The van der Waals surface area contributed by atoms with Gasteiger partial charge in [0.2, 0.25) is 0 Å². The zero-order valence-corrected chi connectivity index (χ0v) is 18.0. The van der Waals surface area contributed by atoms with Crippen LogP contribution in [0, 0.1) is 0 Å². The monoisotopic (exact) mass is 487 g/mol. The lowest BCUT2D eigenvalue weighted by atomic mass is 10.2. The maximum atomic E-state index is 12.5. The van der Waals surface area contributed by atoms with Gasteiger partial charge in [-0.05, 0) is 54.6 Å². The molecular weight excluding hydrogens is 474 g/mol. The third kappa shape index (κ3) is 4.47. The molecule has 2 N–H and O–H groups in total. The Kier molecular flexibility index (Phi) is 5.35. The number of amides is 1. The van der Waals surface area contributed by atoms with Gasteiger partial charge in [-0.3, -0.25) is 9.52 Å². The van der Waals surface area contributed by atoms with Crippen LogP contribution in [-0.2, 0) is 10.0 Å². The number of nitrogens with one attached hydrogen (secondary N) is 2. The van der Waals surface area contributed by atoms with Crippen LogP contribution >= 0.6 is 27.3 Å². The van der Waals surface area contributed by atoms with Crippen molar-refractivity contribution in [1.82, 2.24) is 4.98 Å². The minimum atomic E-state index is -3.71. The van der Waals surface area contributed by atoms with Crippen molar-refractivity contribution in [3.8, 4) is 0 Å². The Morgan fingerprint density at radius 3 is 2.41 bits per heavy atom. The lowest BCUT2D eigenvalue weighted by Gasteiger charge is -2.05. The van der Waals surface area contributed by atoms with E-state index < -0.39 is 10.0 Å². The van der Waals surface area contributed by atoms with Gasteiger partial charge in [-0.2, -0.15) is 0 Å². The highest BCUT2D eigenvalue weighted by molar-refractivity contribution is 9.10. The second kappa shape index (κ2) is 7.94. The molecule has 0 bridgehead atoms. The normalized spacial score (nSPS) is 11.3. The summed E-state index contributed by atoms with van der Waals surface area (Å²) in [6.07, 6.45) is 0. The minimum absolute atomic E-state index is 0.168. The first-order valence-corrected chi connectivity index (χ1v) is 11.6. The Bertz CT molecular complexity index is 1290. The van der Waals surface area contributed by atoms with Crippen molar-refractivity contribution < 1.29 is 13.2 Å². The van der Waals surface area contributed by atoms with Gasteiger partial charge in [0.15, 0.2) is 5.13 Å². The number of anilines is 2. The molecule has 1 heterocycles. The molecule has 0 aliphatic carbocycles. The minimum Gasteiger partial charge on any atom is -0.322 e. The smallest absolute Gasteiger partial charge is 0.263 e. The molecule has 0 radical (unpaired) electrons. The molecule has 0 atom stereocenters. The van der Waals surface area contributed by atoms with Gasteiger partial charge in [-0.15, -0.1) is 0 Å². The molecule has 4 rings (SSSR count). The molecule has 146 valence electrons. The van der Waals surface area contributed by atoms with E-state index in [4.69, 9.17) is 0 Å². The van der Waals surface area contributed by atoms with Gasteiger partial charge in [-0.1, -0.05) is 45.5 Å². The average Bonchev–Trinajstić information content (AvgIpc) is 3.10. The highest BCUT2D eigenvalue weighted by Crippen LogP contribution is 2.30.